The Balaban J connectivity index is 2.12. The topological polar surface area (TPSA) is 49.4 Å². The maximum absolute atomic E-state index is 12.8. The van der Waals surface area contributed by atoms with Crippen molar-refractivity contribution in [1.29, 1.82) is 0 Å². The summed E-state index contributed by atoms with van der Waals surface area (Å²) < 4.78 is 17.5. The minimum atomic E-state index is -1.03. The Kier molecular flexibility index (Phi) is 4.04. The van der Waals surface area contributed by atoms with E-state index in [4.69, 9.17) is 4.74 Å². The van der Waals surface area contributed by atoms with E-state index in [1.165, 1.54) is 0 Å². The van der Waals surface area contributed by atoms with Gasteiger partial charge < -0.3 is 9.29 Å². The summed E-state index contributed by atoms with van der Waals surface area (Å²) in [5.41, 5.74) is 1.38. The van der Waals surface area contributed by atoms with E-state index in [0.29, 0.717) is 11.3 Å². The van der Waals surface area contributed by atoms with Gasteiger partial charge in [-0.2, -0.15) is 0 Å². The molecule has 0 bridgehead atoms. The molecule has 0 spiro atoms. The highest BCUT2D eigenvalue weighted by Crippen LogP contribution is 2.41. The monoisotopic (exact) mass is 326 g/mol. The molecule has 0 fully saturated rings. The number of Topliss-reactive ketones (excluding diaryl/α,β-unsaturated/α-hetero) is 1. The predicted molar refractivity (Wildman–Crippen MR) is 92.2 cm³/mol. The van der Waals surface area contributed by atoms with Crippen molar-refractivity contribution < 1.29 is 14.1 Å². The van der Waals surface area contributed by atoms with Crippen molar-refractivity contribution in [3.8, 4) is 0 Å². The molecule has 0 saturated carbocycles. The second-order valence-corrected chi connectivity index (χ2v) is 7.37. The zero-order valence-electron chi connectivity index (χ0n) is 13.3. The molecule has 3 nitrogen and oxygen atoms in total. The van der Waals surface area contributed by atoms with Gasteiger partial charge in [-0.1, -0.05) is 30.3 Å². The van der Waals surface area contributed by atoms with Crippen LogP contribution in [0.15, 0.2) is 59.5 Å². The zero-order chi connectivity index (χ0) is 16.6. The minimum Gasteiger partial charge on any atom is -0.612 e. The number of ketones is 1. The van der Waals surface area contributed by atoms with Crippen molar-refractivity contribution in [3.63, 3.8) is 0 Å². The van der Waals surface area contributed by atoms with Gasteiger partial charge in [0, 0.05) is 5.56 Å². The number of benzene rings is 2. The fourth-order valence-electron chi connectivity index (χ4n) is 2.62. The largest absolute Gasteiger partial charge is 0.612 e. The molecule has 0 aliphatic carbocycles. The molecule has 0 amide bonds. The van der Waals surface area contributed by atoms with Crippen LogP contribution in [0, 0.1) is 0 Å². The lowest BCUT2D eigenvalue weighted by Gasteiger charge is -2.18. The lowest BCUT2D eigenvalue weighted by Crippen LogP contribution is -2.29. The van der Waals surface area contributed by atoms with Crippen molar-refractivity contribution in [3.05, 3.63) is 65.7 Å². The molecular formula is C19H18O3S. The second kappa shape index (κ2) is 5.87. The van der Waals surface area contributed by atoms with Crippen LogP contribution >= 0.6 is 0 Å². The molecule has 4 heteroatoms. The molecule has 0 N–H and O–H groups in total. The van der Waals surface area contributed by atoms with Crippen LogP contribution in [-0.2, 0) is 20.7 Å². The summed E-state index contributed by atoms with van der Waals surface area (Å²) in [6.07, 6.45) is 1.64. The van der Waals surface area contributed by atoms with Gasteiger partial charge in [-0.15, -0.1) is 0 Å². The molecule has 2 aromatic carbocycles. The third-order valence-corrected chi connectivity index (χ3v) is 4.81. The van der Waals surface area contributed by atoms with E-state index < -0.39 is 16.8 Å². The molecular weight excluding hydrogens is 308 g/mol. The first-order valence-corrected chi connectivity index (χ1v) is 8.93. The highest BCUT2D eigenvalue weighted by Gasteiger charge is 2.42. The van der Waals surface area contributed by atoms with E-state index >= 15 is 0 Å². The molecule has 0 radical (unpaired) electrons. The van der Waals surface area contributed by atoms with Crippen LogP contribution in [0.2, 0.25) is 0 Å². The predicted octanol–water partition coefficient (Wildman–Crippen LogP) is 3.67. The standard InChI is InChI=1S/C19H18O3S/c1-19(2)18(20)16(13-7-5-4-6-8-13)17(22-19)14-9-11-15(12-10-14)23(3)21/h4-12H,1-3H3. The second-order valence-electron chi connectivity index (χ2n) is 5.99. The van der Waals surface area contributed by atoms with Gasteiger partial charge in [0.25, 0.3) is 0 Å². The quantitative estimate of drug-likeness (QED) is 0.809. The van der Waals surface area contributed by atoms with E-state index in [1.54, 1.807) is 32.2 Å². The molecule has 3 rings (SSSR count). The average molecular weight is 326 g/mol. The summed E-state index contributed by atoms with van der Waals surface area (Å²) in [4.78, 5) is 13.5. The van der Waals surface area contributed by atoms with Crippen LogP contribution < -0.4 is 0 Å². The van der Waals surface area contributed by atoms with Crippen molar-refractivity contribution in [2.24, 2.45) is 0 Å². The summed E-state index contributed by atoms with van der Waals surface area (Å²) in [6, 6.07) is 16.9. The lowest BCUT2D eigenvalue weighted by molar-refractivity contribution is -0.125. The number of hydrogen-bond acceptors (Lipinski definition) is 3. The third-order valence-electron chi connectivity index (χ3n) is 3.87. The first-order chi connectivity index (χ1) is 10.9. The van der Waals surface area contributed by atoms with Gasteiger partial charge in [0.1, 0.15) is 12.0 Å². The van der Waals surface area contributed by atoms with Gasteiger partial charge in [0.2, 0.25) is 5.78 Å². The molecule has 0 aromatic heterocycles. The third kappa shape index (κ3) is 2.92. The van der Waals surface area contributed by atoms with E-state index in [0.717, 1.165) is 16.0 Å². The van der Waals surface area contributed by atoms with E-state index in [1.807, 2.05) is 42.5 Å². The first-order valence-electron chi connectivity index (χ1n) is 7.37. The summed E-state index contributed by atoms with van der Waals surface area (Å²) in [5, 5.41) is 0. The maximum atomic E-state index is 12.8. The van der Waals surface area contributed by atoms with Crippen LogP contribution in [-0.4, -0.2) is 22.2 Å². The lowest BCUT2D eigenvalue weighted by atomic mass is 9.93. The number of ether oxygens (including phenoxy) is 1. The number of rotatable bonds is 3. The van der Waals surface area contributed by atoms with Gasteiger partial charge >= 0.3 is 0 Å². The number of carbonyl (C=O) groups excluding carboxylic acids is 1. The van der Waals surface area contributed by atoms with Gasteiger partial charge in [0.05, 0.1) is 5.57 Å². The Morgan fingerprint density at radius 3 is 2.13 bits per heavy atom. The van der Waals surface area contributed by atoms with Crippen LogP contribution in [0.5, 0.6) is 0 Å². The Morgan fingerprint density at radius 2 is 1.57 bits per heavy atom. The SMILES string of the molecule is C[S+]([O-])c1ccc(C2=C(c3ccccc3)C(=O)C(C)(C)O2)cc1. The van der Waals surface area contributed by atoms with Gasteiger partial charge in [-0.25, -0.2) is 0 Å². The van der Waals surface area contributed by atoms with Crippen molar-refractivity contribution >= 4 is 28.3 Å². The Hall–Kier alpha value is -2.04. The Labute approximate surface area is 139 Å². The van der Waals surface area contributed by atoms with E-state index in [9.17, 15) is 9.35 Å². The smallest absolute Gasteiger partial charge is 0.210 e. The fraction of sp³-hybridized carbons (Fsp3) is 0.211. The summed E-state index contributed by atoms with van der Waals surface area (Å²) in [6.45, 7) is 3.56. The minimum absolute atomic E-state index is 0.0261. The molecule has 1 unspecified atom stereocenters. The summed E-state index contributed by atoms with van der Waals surface area (Å²) in [5.74, 6) is 0.557. The molecule has 2 aromatic rings. The van der Waals surface area contributed by atoms with E-state index in [2.05, 4.69) is 0 Å². The van der Waals surface area contributed by atoms with Gasteiger partial charge in [0.15, 0.2) is 10.5 Å². The fourth-order valence-corrected chi connectivity index (χ4v) is 3.14. The van der Waals surface area contributed by atoms with Gasteiger partial charge in [-0.05, 0) is 54.9 Å². The summed E-state index contributed by atoms with van der Waals surface area (Å²) >= 11 is -1.03. The van der Waals surface area contributed by atoms with Crippen LogP contribution in [0.25, 0.3) is 11.3 Å². The van der Waals surface area contributed by atoms with E-state index in [-0.39, 0.29) is 5.78 Å². The molecule has 23 heavy (non-hydrogen) atoms. The van der Waals surface area contributed by atoms with Crippen LogP contribution in [0.4, 0.5) is 0 Å². The molecule has 118 valence electrons. The molecule has 1 atom stereocenters. The number of carbonyl (C=O) groups is 1. The molecule has 0 saturated heterocycles. The first kappa shape index (κ1) is 15.8. The summed E-state index contributed by atoms with van der Waals surface area (Å²) in [7, 11) is 0. The Bertz CT molecular complexity index is 759. The molecule has 1 heterocycles. The number of hydrogen-bond donors (Lipinski definition) is 0. The Morgan fingerprint density at radius 1 is 0.957 bits per heavy atom. The normalized spacial score (nSPS) is 18.0. The van der Waals surface area contributed by atoms with Crippen LogP contribution in [0.1, 0.15) is 25.0 Å². The van der Waals surface area contributed by atoms with Gasteiger partial charge in [-0.3, -0.25) is 4.79 Å². The van der Waals surface area contributed by atoms with Crippen molar-refractivity contribution in [2.75, 3.05) is 6.26 Å². The molecule has 1 aliphatic heterocycles. The molecule has 1 aliphatic rings. The highest BCUT2D eigenvalue weighted by atomic mass is 32.2. The highest BCUT2D eigenvalue weighted by molar-refractivity contribution is 7.90. The maximum Gasteiger partial charge on any atom is 0.210 e. The van der Waals surface area contributed by atoms with Crippen molar-refractivity contribution in [1.82, 2.24) is 0 Å². The average Bonchev–Trinajstić information content (AvgIpc) is 2.78. The van der Waals surface area contributed by atoms with Crippen molar-refractivity contribution in [2.45, 2.75) is 24.3 Å². The zero-order valence-corrected chi connectivity index (χ0v) is 14.1. The van der Waals surface area contributed by atoms with Crippen LogP contribution in [0.3, 0.4) is 0 Å².